The van der Waals surface area contributed by atoms with Gasteiger partial charge in [-0.25, -0.2) is 0 Å². The van der Waals surface area contributed by atoms with Crippen LogP contribution in [0.4, 0.5) is 0 Å². The molecule has 88 valence electrons. The van der Waals surface area contributed by atoms with Gasteiger partial charge < -0.3 is 10.2 Å². The zero-order chi connectivity index (χ0) is 12.3. The zero-order valence-electron chi connectivity index (χ0n) is 10.4. The highest BCUT2D eigenvalue weighted by Gasteiger charge is 2.16. The highest BCUT2D eigenvalue weighted by Crippen LogP contribution is 2.21. The van der Waals surface area contributed by atoms with Crippen LogP contribution >= 0.6 is 0 Å². The van der Waals surface area contributed by atoms with Crippen molar-refractivity contribution in [3.05, 3.63) is 35.4 Å². The van der Waals surface area contributed by atoms with E-state index < -0.39 is 17.6 Å². The van der Waals surface area contributed by atoms with Gasteiger partial charge >= 0.3 is 0 Å². The Hall–Kier alpha value is -0.426. The van der Waals surface area contributed by atoms with E-state index in [4.69, 9.17) is 0 Å². The highest BCUT2D eigenvalue weighted by atomic mass is 28.3. The molecule has 0 aliphatic heterocycles. The van der Waals surface area contributed by atoms with Crippen LogP contribution in [0.1, 0.15) is 22.6 Å². The highest BCUT2D eigenvalue weighted by molar-refractivity contribution is 6.57. The van der Waals surface area contributed by atoms with Crippen LogP contribution < -0.4 is 0 Å². The molecule has 0 aliphatic rings. The van der Waals surface area contributed by atoms with Crippen molar-refractivity contribution in [2.75, 3.05) is 0 Å². The summed E-state index contributed by atoms with van der Waals surface area (Å²) in [6.45, 7) is 8.38. The lowest BCUT2D eigenvalue weighted by molar-refractivity contribution is 0.251. The molecule has 2 nitrogen and oxygen atoms in total. The Morgan fingerprint density at radius 2 is 1.00 bits per heavy atom. The minimum absolute atomic E-state index is 0.316. The van der Waals surface area contributed by atoms with Crippen LogP contribution in [-0.4, -0.2) is 27.8 Å². The van der Waals surface area contributed by atoms with Crippen LogP contribution in [0.15, 0.2) is 24.3 Å². The topological polar surface area (TPSA) is 40.5 Å². The Bertz CT molecular complexity index is 289. The summed E-state index contributed by atoms with van der Waals surface area (Å²) >= 11 is 0. The van der Waals surface area contributed by atoms with Crippen molar-refractivity contribution in [1.29, 1.82) is 0 Å². The van der Waals surface area contributed by atoms with Crippen molar-refractivity contribution in [3.8, 4) is 0 Å². The largest absolute Gasteiger partial charge is 0.392 e. The molecule has 0 saturated heterocycles. The molecule has 0 heterocycles. The molecule has 0 saturated carbocycles. The first-order valence-electron chi connectivity index (χ1n) is 5.49. The maximum absolute atomic E-state index is 9.93. The fourth-order valence-electron chi connectivity index (χ4n) is 1.53. The average Bonchev–Trinajstić information content (AvgIpc) is 2.27. The molecule has 4 heteroatoms. The van der Waals surface area contributed by atoms with Crippen LogP contribution in [0.25, 0.3) is 0 Å². The Labute approximate surface area is 101 Å². The van der Waals surface area contributed by atoms with Gasteiger partial charge in [-0.15, -0.1) is 0 Å². The molecule has 0 amide bonds. The van der Waals surface area contributed by atoms with E-state index in [9.17, 15) is 10.2 Å². The Morgan fingerprint density at radius 3 is 1.19 bits per heavy atom. The predicted molar refractivity (Wildman–Crippen MR) is 71.3 cm³/mol. The van der Waals surface area contributed by atoms with E-state index >= 15 is 0 Å². The lowest BCUT2D eigenvalue weighted by Crippen LogP contribution is -2.17. The summed E-state index contributed by atoms with van der Waals surface area (Å²) in [5, 5.41) is 19.9. The van der Waals surface area contributed by atoms with Crippen LogP contribution in [-0.2, 0) is 0 Å². The van der Waals surface area contributed by atoms with E-state index in [-0.39, 0.29) is 11.5 Å². The first-order chi connectivity index (χ1) is 7.43. The quantitative estimate of drug-likeness (QED) is 0.808. The Morgan fingerprint density at radius 1 is 0.750 bits per heavy atom. The van der Waals surface area contributed by atoms with E-state index in [2.05, 4.69) is 26.2 Å². The summed E-state index contributed by atoms with van der Waals surface area (Å²) in [6, 6.07) is 7.74. The van der Waals surface area contributed by atoms with Crippen LogP contribution in [0.2, 0.25) is 26.2 Å². The molecule has 1 rings (SSSR count). The van der Waals surface area contributed by atoms with E-state index in [0.717, 1.165) is 11.1 Å². The number of benzene rings is 1. The molecule has 0 bridgehead atoms. The van der Waals surface area contributed by atoms with E-state index in [0.29, 0.717) is 0 Å². The third-order valence-corrected chi connectivity index (χ3v) is 5.52. The van der Waals surface area contributed by atoms with Crippen molar-refractivity contribution in [2.24, 2.45) is 0 Å². The van der Waals surface area contributed by atoms with E-state index in [1.54, 1.807) is 0 Å². The number of hydrogen-bond donors (Lipinski definition) is 2. The van der Waals surface area contributed by atoms with Gasteiger partial charge in [0.1, 0.15) is 0 Å². The molecule has 2 unspecified atom stereocenters. The summed E-state index contributed by atoms with van der Waals surface area (Å²) in [7, 11) is -1.43. The van der Waals surface area contributed by atoms with Crippen molar-refractivity contribution in [3.63, 3.8) is 0 Å². The third-order valence-electron chi connectivity index (χ3n) is 2.66. The van der Waals surface area contributed by atoms with Crippen LogP contribution in [0.3, 0.4) is 0 Å². The smallest absolute Gasteiger partial charge is 0.0840 e. The lowest BCUT2D eigenvalue weighted by Gasteiger charge is -2.17. The second kappa shape index (κ2) is 5.77. The van der Waals surface area contributed by atoms with Gasteiger partial charge in [0, 0.05) is 0 Å². The number of aliphatic hydroxyl groups is 2. The molecule has 2 atom stereocenters. The molecule has 16 heavy (non-hydrogen) atoms. The van der Waals surface area contributed by atoms with Crippen LogP contribution in [0.5, 0.6) is 0 Å². The predicted octanol–water partition coefficient (Wildman–Crippen LogP) is 2.34. The number of hydrogen-bond acceptors (Lipinski definition) is 2. The van der Waals surface area contributed by atoms with E-state index in [1.807, 2.05) is 24.3 Å². The molecule has 0 fully saturated rings. The number of aliphatic hydroxyl groups excluding tert-OH is 2. The summed E-state index contributed by atoms with van der Waals surface area (Å²) in [6.07, 6.45) is 0. The van der Waals surface area contributed by atoms with E-state index in [1.165, 1.54) is 0 Å². The number of rotatable bonds is 4. The second-order valence-electron chi connectivity index (χ2n) is 4.63. The Kier molecular flexibility index (Phi) is 4.92. The minimum Gasteiger partial charge on any atom is -0.392 e. The molecule has 1 aromatic carbocycles. The molecule has 2 radical (unpaired) electrons. The fraction of sp³-hybridized carbons (Fsp3) is 0.500. The first-order valence-corrected chi connectivity index (χ1v) is 10.6. The molecular weight excluding hydrogens is 232 g/mol. The summed E-state index contributed by atoms with van der Waals surface area (Å²) in [5.41, 5.74) is 1.31. The van der Waals surface area contributed by atoms with Crippen molar-refractivity contribution >= 4 is 17.6 Å². The van der Waals surface area contributed by atoms with Gasteiger partial charge in [-0.3, -0.25) is 0 Å². The normalized spacial score (nSPS) is 15.5. The van der Waals surface area contributed by atoms with Crippen molar-refractivity contribution in [2.45, 2.75) is 37.6 Å². The van der Waals surface area contributed by atoms with Gasteiger partial charge in [-0.2, -0.15) is 0 Å². The maximum Gasteiger partial charge on any atom is 0.0840 e. The molecular formula is C12H20O2Si2. The zero-order valence-corrected chi connectivity index (χ0v) is 12.4. The minimum atomic E-state index is -0.714. The van der Waals surface area contributed by atoms with Gasteiger partial charge in [0.05, 0.1) is 29.0 Å². The van der Waals surface area contributed by atoms with Crippen LogP contribution in [0, 0.1) is 0 Å². The van der Waals surface area contributed by atoms with Crippen molar-refractivity contribution < 1.29 is 10.2 Å². The standard InChI is InChI=1S/C12H20O2Si2/c1-15(2)11(13)9-5-7-10(8-6-9)12(14)16(3)4/h5-8,11-14H,1-4H3. The molecule has 1 aromatic rings. The van der Waals surface area contributed by atoms with Crippen molar-refractivity contribution in [1.82, 2.24) is 0 Å². The lowest BCUT2D eigenvalue weighted by atomic mass is 10.1. The van der Waals surface area contributed by atoms with Gasteiger partial charge in [0.2, 0.25) is 0 Å². The van der Waals surface area contributed by atoms with Gasteiger partial charge in [0.25, 0.3) is 0 Å². The van der Waals surface area contributed by atoms with Gasteiger partial charge in [0.15, 0.2) is 0 Å². The Balaban J connectivity index is 2.83. The monoisotopic (exact) mass is 252 g/mol. The average molecular weight is 252 g/mol. The maximum atomic E-state index is 9.93. The summed E-state index contributed by atoms with van der Waals surface area (Å²) in [4.78, 5) is 0. The molecule has 2 N–H and O–H groups in total. The fourth-order valence-corrected chi connectivity index (χ4v) is 3.25. The molecule has 0 aromatic heterocycles. The molecule has 0 aliphatic carbocycles. The first kappa shape index (κ1) is 13.6. The SMILES string of the molecule is C[Si](C)C(O)c1ccc(C(O)[Si](C)C)cc1. The van der Waals surface area contributed by atoms with Gasteiger partial charge in [-0.05, 0) is 11.1 Å². The second-order valence-corrected chi connectivity index (χ2v) is 10.0. The van der Waals surface area contributed by atoms with Gasteiger partial charge in [-0.1, -0.05) is 50.5 Å². The molecule has 0 spiro atoms. The summed E-state index contributed by atoms with van der Waals surface area (Å²) < 4.78 is 0. The summed E-state index contributed by atoms with van der Waals surface area (Å²) in [5.74, 6) is 0. The third kappa shape index (κ3) is 3.28.